The second-order valence-corrected chi connectivity index (χ2v) is 7.83. The molecular formula is C24H25FN4O3. The van der Waals surface area contributed by atoms with Crippen molar-refractivity contribution in [1.29, 1.82) is 0 Å². The van der Waals surface area contributed by atoms with Gasteiger partial charge in [-0.2, -0.15) is 0 Å². The SMILES string of the molecule is CCN1CCN(C2=C(c3ccc(NC(C)=O)cc3)C(=O)N(c3cccc(F)c3)C2=O)CC1. The van der Waals surface area contributed by atoms with Gasteiger partial charge in [-0.05, 0) is 42.4 Å². The normalized spacial score (nSPS) is 17.3. The summed E-state index contributed by atoms with van der Waals surface area (Å²) >= 11 is 0. The number of carbonyl (C=O) groups excluding carboxylic acids is 3. The fraction of sp³-hybridized carbons (Fsp3) is 0.292. The number of halogens is 1. The van der Waals surface area contributed by atoms with E-state index >= 15 is 0 Å². The van der Waals surface area contributed by atoms with Gasteiger partial charge in [-0.25, -0.2) is 9.29 Å². The molecule has 0 aromatic heterocycles. The Kier molecular flexibility index (Phi) is 6.05. The van der Waals surface area contributed by atoms with Crippen LogP contribution in [0.2, 0.25) is 0 Å². The summed E-state index contributed by atoms with van der Waals surface area (Å²) in [6.45, 7) is 7.24. The first-order chi connectivity index (χ1) is 15.4. The third-order valence-corrected chi connectivity index (χ3v) is 5.76. The van der Waals surface area contributed by atoms with E-state index in [1.165, 1.54) is 25.1 Å². The Hall–Kier alpha value is -3.52. The van der Waals surface area contributed by atoms with Gasteiger partial charge in [0.15, 0.2) is 0 Å². The zero-order valence-corrected chi connectivity index (χ0v) is 18.1. The topological polar surface area (TPSA) is 73.0 Å². The van der Waals surface area contributed by atoms with E-state index in [0.717, 1.165) is 24.5 Å². The molecule has 166 valence electrons. The molecule has 0 spiro atoms. The zero-order valence-electron chi connectivity index (χ0n) is 18.1. The lowest BCUT2D eigenvalue weighted by Crippen LogP contribution is -2.47. The van der Waals surface area contributed by atoms with Gasteiger partial charge in [-0.15, -0.1) is 0 Å². The number of rotatable bonds is 5. The van der Waals surface area contributed by atoms with Crippen molar-refractivity contribution in [3.8, 4) is 0 Å². The van der Waals surface area contributed by atoms with Gasteiger partial charge >= 0.3 is 0 Å². The van der Waals surface area contributed by atoms with Crippen molar-refractivity contribution in [3.05, 3.63) is 65.6 Å². The van der Waals surface area contributed by atoms with E-state index in [1.54, 1.807) is 30.3 Å². The van der Waals surface area contributed by atoms with Crippen molar-refractivity contribution in [1.82, 2.24) is 9.80 Å². The minimum Gasteiger partial charge on any atom is -0.364 e. The Labute approximate surface area is 186 Å². The molecule has 2 heterocycles. The van der Waals surface area contributed by atoms with Crippen LogP contribution in [0, 0.1) is 5.82 Å². The van der Waals surface area contributed by atoms with Crippen molar-refractivity contribution in [3.63, 3.8) is 0 Å². The Morgan fingerprint density at radius 2 is 1.69 bits per heavy atom. The van der Waals surface area contributed by atoms with Gasteiger partial charge in [0.05, 0.1) is 11.3 Å². The van der Waals surface area contributed by atoms with Crippen LogP contribution in [0.4, 0.5) is 15.8 Å². The summed E-state index contributed by atoms with van der Waals surface area (Å²) in [6, 6.07) is 12.3. The van der Waals surface area contributed by atoms with Gasteiger partial charge in [-0.3, -0.25) is 14.4 Å². The maximum Gasteiger partial charge on any atom is 0.282 e. The van der Waals surface area contributed by atoms with Crippen LogP contribution >= 0.6 is 0 Å². The zero-order chi connectivity index (χ0) is 22.8. The molecule has 1 N–H and O–H groups in total. The predicted octanol–water partition coefficient (Wildman–Crippen LogP) is 2.71. The highest BCUT2D eigenvalue weighted by atomic mass is 19.1. The van der Waals surface area contributed by atoms with Crippen molar-refractivity contribution < 1.29 is 18.8 Å². The summed E-state index contributed by atoms with van der Waals surface area (Å²) in [5.41, 5.74) is 2.00. The molecule has 2 aromatic rings. The Balaban J connectivity index is 1.75. The first-order valence-electron chi connectivity index (χ1n) is 10.6. The number of amides is 3. The minimum absolute atomic E-state index is 0.198. The van der Waals surface area contributed by atoms with E-state index in [2.05, 4.69) is 17.1 Å². The molecule has 2 aliphatic heterocycles. The smallest absolute Gasteiger partial charge is 0.282 e. The first-order valence-corrected chi connectivity index (χ1v) is 10.6. The maximum atomic E-state index is 13.9. The highest BCUT2D eigenvalue weighted by Crippen LogP contribution is 2.35. The summed E-state index contributed by atoms with van der Waals surface area (Å²) in [5.74, 6) is -1.66. The first kappa shape index (κ1) is 21.7. The molecule has 8 heteroatoms. The molecule has 3 amide bonds. The highest BCUT2D eigenvalue weighted by Gasteiger charge is 2.43. The lowest BCUT2D eigenvalue weighted by molar-refractivity contribution is -0.121. The number of anilines is 2. The molecule has 2 aromatic carbocycles. The van der Waals surface area contributed by atoms with Crippen molar-refractivity contribution in [2.45, 2.75) is 13.8 Å². The van der Waals surface area contributed by atoms with Crippen LogP contribution in [-0.2, 0) is 14.4 Å². The quantitative estimate of drug-likeness (QED) is 0.730. The second kappa shape index (κ2) is 8.92. The number of benzene rings is 2. The second-order valence-electron chi connectivity index (χ2n) is 7.83. The lowest BCUT2D eigenvalue weighted by atomic mass is 10.0. The average Bonchev–Trinajstić information content (AvgIpc) is 3.04. The van der Waals surface area contributed by atoms with Crippen LogP contribution in [0.1, 0.15) is 19.4 Å². The van der Waals surface area contributed by atoms with Gasteiger partial charge in [0.25, 0.3) is 11.8 Å². The molecule has 0 bridgehead atoms. The molecule has 0 saturated carbocycles. The van der Waals surface area contributed by atoms with Crippen molar-refractivity contribution in [2.75, 3.05) is 42.9 Å². The van der Waals surface area contributed by atoms with E-state index in [0.29, 0.717) is 35.6 Å². The number of imide groups is 1. The lowest BCUT2D eigenvalue weighted by Gasteiger charge is -2.36. The summed E-state index contributed by atoms with van der Waals surface area (Å²) in [6.07, 6.45) is 0. The Bertz CT molecular complexity index is 1090. The highest BCUT2D eigenvalue weighted by molar-refractivity contribution is 6.45. The van der Waals surface area contributed by atoms with Gasteiger partial charge in [0.1, 0.15) is 11.5 Å². The maximum absolute atomic E-state index is 13.9. The van der Waals surface area contributed by atoms with Crippen LogP contribution in [-0.4, -0.2) is 60.2 Å². The molecule has 2 aliphatic rings. The molecule has 32 heavy (non-hydrogen) atoms. The van der Waals surface area contributed by atoms with E-state index in [-0.39, 0.29) is 11.6 Å². The molecule has 1 saturated heterocycles. The number of carbonyl (C=O) groups is 3. The Morgan fingerprint density at radius 1 is 1.00 bits per heavy atom. The summed E-state index contributed by atoms with van der Waals surface area (Å²) in [7, 11) is 0. The fourth-order valence-electron chi connectivity index (χ4n) is 4.13. The number of likely N-dealkylation sites (N-methyl/N-ethyl adjacent to an activating group) is 1. The van der Waals surface area contributed by atoms with Crippen LogP contribution in [0.25, 0.3) is 5.57 Å². The van der Waals surface area contributed by atoms with Crippen molar-refractivity contribution >= 4 is 34.7 Å². The third kappa shape index (κ3) is 4.13. The largest absolute Gasteiger partial charge is 0.364 e. The monoisotopic (exact) mass is 436 g/mol. The molecule has 1 fully saturated rings. The van der Waals surface area contributed by atoms with Crippen LogP contribution in [0.5, 0.6) is 0 Å². The fourth-order valence-corrected chi connectivity index (χ4v) is 4.13. The number of nitrogens with one attached hydrogen (secondary N) is 1. The molecule has 0 aliphatic carbocycles. The Morgan fingerprint density at radius 3 is 2.28 bits per heavy atom. The number of nitrogens with zero attached hydrogens (tertiary/aromatic N) is 3. The van der Waals surface area contributed by atoms with Gasteiger partial charge in [0, 0.05) is 38.8 Å². The van der Waals surface area contributed by atoms with Gasteiger partial charge < -0.3 is 15.1 Å². The third-order valence-electron chi connectivity index (χ3n) is 5.76. The van der Waals surface area contributed by atoms with Crippen LogP contribution in [0.15, 0.2) is 54.2 Å². The summed E-state index contributed by atoms with van der Waals surface area (Å²) in [5, 5.41) is 2.69. The van der Waals surface area contributed by atoms with E-state index in [4.69, 9.17) is 0 Å². The number of hydrogen-bond donors (Lipinski definition) is 1. The molecule has 0 radical (unpaired) electrons. The van der Waals surface area contributed by atoms with E-state index < -0.39 is 17.6 Å². The molecule has 7 nitrogen and oxygen atoms in total. The van der Waals surface area contributed by atoms with E-state index in [9.17, 15) is 18.8 Å². The van der Waals surface area contributed by atoms with Gasteiger partial charge in [-0.1, -0.05) is 25.1 Å². The molecular weight excluding hydrogens is 411 g/mol. The minimum atomic E-state index is -0.519. The average molecular weight is 436 g/mol. The van der Waals surface area contributed by atoms with E-state index in [1.807, 2.05) is 4.90 Å². The predicted molar refractivity (Wildman–Crippen MR) is 120 cm³/mol. The summed E-state index contributed by atoms with van der Waals surface area (Å²) in [4.78, 5) is 43.6. The number of piperazine rings is 1. The van der Waals surface area contributed by atoms with Crippen LogP contribution < -0.4 is 10.2 Å². The summed E-state index contributed by atoms with van der Waals surface area (Å²) < 4.78 is 13.9. The molecule has 4 rings (SSSR count). The van der Waals surface area contributed by atoms with Gasteiger partial charge in [0.2, 0.25) is 5.91 Å². The van der Waals surface area contributed by atoms with Crippen molar-refractivity contribution in [2.24, 2.45) is 0 Å². The number of hydrogen-bond acceptors (Lipinski definition) is 5. The van der Waals surface area contributed by atoms with Crippen LogP contribution in [0.3, 0.4) is 0 Å². The molecule has 0 atom stereocenters. The standard InChI is InChI=1S/C24H25FN4O3/c1-3-27-11-13-28(14-12-27)22-21(17-7-9-19(10-8-17)26-16(2)30)23(31)29(24(22)32)20-6-4-5-18(25)15-20/h4-10,15H,3,11-14H2,1-2H3,(H,26,30). The molecule has 0 unspecified atom stereocenters.